The summed E-state index contributed by atoms with van der Waals surface area (Å²) in [4.78, 5) is 22.4. The molecule has 0 fully saturated rings. The molecule has 3 aromatic rings. The monoisotopic (exact) mass is 362 g/mol. The predicted octanol–water partition coefficient (Wildman–Crippen LogP) is 3.70. The van der Waals surface area contributed by atoms with Crippen LogP contribution in [0, 0.1) is 10.1 Å². The number of nitrogens with zero attached hydrogens (tertiary/aromatic N) is 2. The van der Waals surface area contributed by atoms with Gasteiger partial charge < -0.3 is 5.32 Å². The van der Waals surface area contributed by atoms with Gasteiger partial charge in [0.15, 0.2) is 0 Å². The number of hydrogen-bond acceptors (Lipinski definition) is 5. The third-order valence-corrected chi connectivity index (χ3v) is 4.05. The standard InChI is InChI=1S/C20H18N4O3/c1-14(16-8-4-9-17(12-16)24(26)27)22-23-20(25)13-21-19-11-5-7-15-6-2-3-10-18(15)19/h2-12,21H,13H2,1H3,(H,23,25). The van der Waals surface area contributed by atoms with Crippen LogP contribution in [0.15, 0.2) is 71.8 Å². The lowest BCUT2D eigenvalue weighted by Crippen LogP contribution is -2.26. The molecule has 2 N–H and O–H groups in total. The molecule has 0 saturated carbocycles. The minimum atomic E-state index is -0.469. The Balaban J connectivity index is 1.63. The molecule has 0 atom stereocenters. The lowest BCUT2D eigenvalue weighted by atomic mass is 10.1. The van der Waals surface area contributed by atoms with Crippen molar-refractivity contribution in [1.82, 2.24) is 5.43 Å². The van der Waals surface area contributed by atoms with Crippen molar-refractivity contribution in [3.63, 3.8) is 0 Å². The summed E-state index contributed by atoms with van der Waals surface area (Å²) < 4.78 is 0. The van der Waals surface area contributed by atoms with Crippen LogP contribution in [-0.2, 0) is 4.79 Å². The van der Waals surface area contributed by atoms with Crippen molar-refractivity contribution in [1.29, 1.82) is 0 Å². The van der Waals surface area contributed by atoms with E-state index in [0.29, 0.717) is 11.3 Å². The molecule has 1 amide bonds. The molecular formula is C20H18N4O3. The zero-order chi connectivity index (χ0) is 19.2. The fourth-order valence-corrected chi connectivity index (χ4v) is 2.65. The fourth-order valence-electron chi connectivity index (χ4n) is 2.65. The summed E-state index contributed by atoms with van der Waals surface area (Å²) in [6.07, 6.45) is 0. The van der Waals surface area contributed by atoms with E-state index >= 15 is 0 Å². The highest BCUT2D eigenvalue weighted by Gasteiger charge is 2.08. The highest BCUT2D eigenvalue weighted by molar-refractivity contribution is 6.00. The zero-order valence-electron chi connectivity index (χ0n) is 14.7. The summed E-state index contributed by atoms with van der Waals surface area (Å²) in [5, 5.41) is 20.1. The lowest BCUT2D eigenvalue weighted by Gasteiger charge is -2.09. The van der Waals surface area contributed by atoms with Crippen LogP contribution in [0.5, 0.6) is 0 Å². The van der Waals surface area contributed by atoms with Gasteiger partial charge in [0.2, 0.25) is 0 Å². The van der Waals surface area contributed by atoms with Gasteiger partial charge in [-0.3, -0.25) is 14.9 Å². The van der Waals surface area contributed by atoms with E-state index < -0.39 is 4.92 Å². The van der Waals surface area contributed by atoms with E-state index in [9.17, 15) is 14.9 Å². The van der Waals surface area contributed by atoms with Crippen LogP contribution in [-0.4, -0.2) is 23.1 Å². The Hall–Kier alpha value is -3.74. The molecule has 0 radical (unpaired) electrons. The third kappa shape index (κ3) is 4.46. The molecule has 0 saturated heterocycles. The number of amides is 1. The number of nitrogens with one attached hydrogen (secondary N) is 2. The first kappa shape index (κ1) is 18.1. The van der Waals surface area contributed by atoms with Gasteiger partial charge in [-0.1, -0.05) is 48.5 Å². The molecule has 0 spiro atoms. The van der Waals surface area contributed by atoms with Gasteiger partial charge in [0.05, 0.1) is 17.2 Å². The second kappa shape index (κ2) is 8.09. The Morgan fingerprint density at radius 2 is 1.81 bits per heavy atom. The van der Waals surface area contributed by atoms with Crippen LogP contribution in [0.1, 0.15) is 12.5 Å². The van der Waals surface area contributed by atoms with Gasteiger partial charge in [-0.05, 0) is 18.4 Å². The number of anilines is 1. The van der Waals surface area contributed by atoms with Gasteiger partial charge in [-0.25, -0.2) is 5.43 Å². The Labute approximate surface area is 155 Å². The van der Waals surface area contributed by atoms with Crippen LogP contribution in [0.3, 0.4) is 0 Å². The average Bonchev–Trinajstić information content (AvgIpc) is 2.70. The number of rotatable bonds is 6. The minimum Gasteiger partial charge on any atom is -0.376 e. The lowest BCUT2D eigenvalue weighted by molar-refractivity contribution is -0.384. The first-order chi connectivity index (χ1) is 13.0. The Morgan fingerprint density at radius 3 is 2.63 bits per heavy atom. The van der Waals surface area contributed by atoms with E-state index in [-0.39, 0.29) is 18.1 Å². The Morgan fingerprint density at radius 1 is 1.07 bits per heavy atom. The maximum Gasteiger partial charge on any atom is 0.270 e. The van der Waals surface area contributed by atoms with E-state index in [1.807, 2.05) is 42.5 Å². The molecule has 0 unspecified atom stereocenters. The Kier molecular flexibility index (Phi) is 5.41. The van der Waals surface area contributed by atoms with Crippen LogP contribution < -0.4 is 10.7 Å². The first-order valence-corrected chi connectivity index (χ1v) is 8.34. The van der Waals surface area contributed by atoms with E-state index in [0.717, 1.165) is 16.5 Å². The van der Waals surface area contributed by atoms with Crippen molar-refractivity contribution < 1.29 is 9.72 Å². The number of carbonyl (C=O) groups excluding carboxylic acids is 1. The second-order valence-electron chi connectivity index (χ2n) is 5.92. The molecule has 0 heterocycles. The van der Waals surface area contributed by atoms with Gasteiger partial charge in [0.1, 0.15) is 0 Å². The third-order valence-electron chi connectivity index (χ3n) is 4.05. The van der Waals surface area contributed by atoms with E-state index in [1.165, 1.54) is 12.1 Å². The maximum absolute atomic E-state index is 12.1. The molecule has 136 valence electrons. The van der Waals surface area contributed by atoms with E-state index in [2.05, 4.69) is 15.8 Å². The van der Waals surface area contributed by atoms with Crippen molar-refractivity contribution in [3.8, 4) is 0 Å². The smallest absolute Gasteiger partial charge is 0.270 e. The number of hydrazone groups is 1. The molecule has 3 rings (SSSR count). The predicted molar refractivity (Wildman–Crippen MR) is 106 cm³/mol. The first-order valence-electron chi connectivity index (χ1n) is 8.34. The summed E-state index contributed by atoms with van der Waals surface area (Å²) in [6, 6.07) is 19.8. The van der Waals surface area contributed by atoms with Crippen LogP contribution in [0.25, 0.3) is 10.8 Å². The van der Waals surface area contributed by atoms with Crippen molar-refractivity contribution in [2.75, 3.05) is 11.9 Å². The molecule has 7 nitrogen and oxygen atoms in total. The van der Waals surface area contributed by atoms with Crippen LogP contribution in [0.2, 0.25) is 0 Å². The SMILES string of the molecule is CC(=NNC(=O)CNc1cccc2ccccc12)c1cccc([N+](=O)[O-])c1. The quantitative estimate of drug-likeness (QED) is 0.397. The molecule has 0 aliphatic carbocycles. The summed E-state index contributed by atoms with van der Waals surface area (Å²) in [5.41, 5.74) is 4.36. The molecule has 0 aromatic heterocycles. The van der Waals surface area contributed by atoms with Gasteiger partial charge in [0, 0.05) is 28.8 Å². The van der Waals surface area contributed by atoms with E-state index in [1.54, 1.807) is 19.1 Å². The topological polar surface area (TPSA) is 96.6 Å². The van der Waals surface area contributed by atoms with Gasteiger partial charge in [0.25, 0.3) is 11.6 Å². The van der Waals surface area contributed by atoms with Crippen molar-refractivity contribution in [3.05, 3.63) is 82.4 Å². The van der Waals surface area contributed by atoms with Crippen molar-refractivity contribution >= 4 is 33.8 Å². The maximum atomic E-state index is 12.1. The Bertz CT molecular complexity index is 1030. The van der Waals surface area contributed by atoms with E-state index in [4.69, 9.17) is 0 Å². The van der Waals surface area contributed by atoms with Crippen LogP contribution >= 0.6 is 0 Å². The number of non-ortho nitro benzene ring substituents is 1. The molecule has 27 heavy (non-hydrogen) atoms. The summed E-state index contributed by atoms with van der Waals surface area (Å²) >= 11 is 0. The normalized spacial score (nSPS) is 11.2. The molecule has 7 heteroatoms. The summed E-state index contributed by atoms with van der Waals surface area (Å²) in [7, 11) is 0. The number of carbonyl (C=O) groups is 1. The number of nitro groups is 1. The molecule has 0 aliphatic rings. The van der Waals surface area contributed by atoms with Gasteiger partial charge in [-0.2, -0.15) is 5.10 Å². The largest absolute Gasteiger partial charge is 0.376 e. The molecule has 0 aliphatic heterocycles. The number of hydrogen-bond donors (Lipinski definition) is 2. The zero-order valence-corrected chi connectivity index (χ0v) is 14.7. The average molecular weight is 362 g/mol. The number of benzene rings is 3. The van der Waals surface area contributed by atoms with Crippen molar-refractivity contribution in [2.45, 2.75) is 6.92 Å². The summed E-state index contributed by atoms with van der Waals surface area (Å²) in [5.74, 6) is -0.312. The fraction of sp³-hybridized carbons (Fsp3) is 0.100. The highest BCUT2D eigenvalue weighted by Crippen LogP contribution is 2.22. The van der Waals surface area contributed by atoms with Gasteiger partial charge >= 0.3 is 0 Å². The minimum absolute atomic E-state index is 0.0222. The van der Waals surface area contributed by atoms with Crippen molar-refractivity contribution in [2.24, 2.45) is 5.10 Å². The second-order valence-corrected chi connectivity index (χ2v) is 5.92. The molecular weight excluding hydrogens is 344 g/mol. The highest BCUT2D eigenvalue weighted by atomic mass is 16.6. The van der Waals surface area contributed by atoms with Crippen LogP contribution in [0.4, 0.5) is 11.4 Å². The molecule has 0 bridgehead atoms. The van der Waals surface area contributed by atoms with Gasteiger partial charge in [-0.15, -0.1) is 0 Å². The number of nitro benzene ring substituents is 1. The summed E-state index contributed by atoms with van der Waals surface area (Å²) in [6.45, 7) is 1.73. The number of fused-ring (bicyclic) bond motifs is 1. The molecule has 3 aromatic carbocycles.